The van der Waals surface area contributed by atoms with E-state index >= 15 is 0 Å². The Hall–Kier alpha value is -6.24. The lowest BCUT2D eigenvalue weighted by atomic mass is 9.80. The molecule has 0 spiro atoms. The van der Waals surface area contributed by atoms with E-state index in [2.05, 4.69) is 225 Å². The second-order valence-corrected chi connectivity index (χ2v) is 22.9. The van der Waals surface area contributed by atoms with Gasteiger partial charge in [0.2, 0.25) is 0 Å². The molecule has 2 aliphatic carbocycles. The quantitative estimate of drug-likeness (QED) is 0.0668. The molecular formula is C74H84. The molecule has 0 saturated heterocycles. The Bertz CT molecular complexity index is 2680. The minimum atomic E-state index is -0.0170. The fourth-order valence-electron chi connectivity index (χ4n) is 12.0. The fourth-order valence-corrected chi connectivity index (χ4v) is 12.0. The summed E-state index contributed by atoms with van der Waals surface area (Å²) in [5.41, 5.74) is 27.6. The zero-order valence-corrected chi connectivity index (χ0v) is 46.5. The second-order valence-electron chi connectivity index (χ2n) is 22.9. The van der Waals surface area contributed by atoms with Crippen molar-refractivity contribution in [1.82, 2.24) is 0 Å². The molecule has 74 heavy (non-hydrogen) atoms. The van der Waals surface area contributed by atoms with Crippen molar-refractivity contribution in [3.63, 3.8) is 0 Å². The lowest BCUT2D eigenvalue weighted by molar-refractivity contribution is 0.660. The van der Waals surface area contributed by atoms with E-state index in [0.717, 1.165) is 0 Å². The molecule has 0 radical (unpaired) electrons. The highest BCUT2D eigenvalue weighted by Crippen LogP contribution is 2.52. The summed E-state index contributed by atoms with van der Waals surface area (Å²) in [6.45, 7) is 18.6. The largest absolute Gasteiger partial charge is 0.0654 e. The van der Waals surface area contributed by atoms with E-state index in [1.54, 1.807) is 0 Å². The number of aryl methyl sites for hydroxylation is 4. The monoisotopic (exact) mass is 973 g/mol. The van der Waals surface area contributed by atoms with Gasteiger partial charge in [-0.15, -0.1) is 0 Å². The van der Waals surface area contributed by atoms with Crippen molar-refractivity contribution < 1.29 is 0 Å². The summed E-state index contributed by atoms with van der Waals surface area (Å²) in [6.07, 6.45) is 20.2. The van der Waals surface area contributed by atoms with Crippen molar-refractivity contribution in [3.05, 3.63) is 214 Å². The van der Waals surface area contributed by atoms with Gasteiger partial charge in [-0.3, -0.25) is 0 Å². The van der Waals surface area contributed by atoms with E-state index < -0.39 is 0 Å². The molecule has 0 amide bonds. The first-order valence-corrected chi connectivity index (χ1v) is 29.0. The van der Waals surface area contributed by atoms with Gasteiger partial charge in [-0.1, -0.05) is 252 Å². The molecular weight excluding hydrogens is 889 g/mol. The number of unbranched alkanes of at least 4 members (excludes halogenated alkanes) is 8. The summed E-state index contributed by atoms with van der Waals surface area (Å²) in [5, 5.41) is 0. The van der Waals surface area contributed by atoms with Crippen LogP contribution in [0.1, 0.15) is 177 Å². The van der Waals surface area contributed by atoms with E-state index in [1.165, 1.54) is 214 Å². The Morgan fingerprint density at radius 2 is 0.419 bits per heavy atom. The Morgan fingerprint density at radius 1 is 0.230 bits per heavy atom. The number of hydrogen-bond acceptors (Lipinski definition) is 0. The molecule has 10 rings (SSSR count). The van der Waals surface area contributed by atoms with Gasteiger partial charge in [0.1, 0.15) is 0 Å². The molecule has 0 nitrogen and oxygen atoms in total. The molecule has 0 saturated carbocycles. The average Bonchev–Trinajstić information content (AvgIpc) is 3.80. The molecule has 0 heterocycles. The maximum Gasteiger partial charge on any atom is 0.0159 e. The number of hydrogen-bond donors (Lipinski definition) is 0. The van der Waals surface area contributed by atoms with Gasteiger partial charge in [0.25, 0.3) is 0 Å². The van der Waals surface area contributed by atoms with E-state index in [1.807, 2.05) is 0 Å². The van der Waals surface area contributed by atoms with Gasteiger partial charge in [0.15, 0.2) is 0 Å². The number of benzene rings is 8. The molecule has 0 aromatic heterocycles. The molecule has 8 aromatic carbocycles. The number of fused-ring (bicyclic) bond motifs is 6. The third kappa shape index (κ3) is 11.7. The van der Waals surface area contributed by atoms with Gasteiger partial charge in [-0.25, -0.2) is 0 Å². The van der Waals surface area contributed by atoms with Crippen LogP contribution in [0.2, 0.25) is 0 Å². The zero-order chi connectivity index (χ0) is 51.7. The van der Waals surface area contributed by atoms with Gasteiger partial charge in [0.05, 0.1) is 0 Å². The van der Waals surface area contributed by atoms with Crippen LogP contribution in [0.5, 0.6) is 0 Å². The standard InChI is InChI=1S/2C37H42/c2*1-5-7-9-11-27-13-17-29(18-14-27)31-21-23-33-34-24-22-32(26-36(34)37(3,4)35(33)25-31)30-19-15-28(16-20-30)12-10-8-6-2/h2*13-26H,5-12H2,1-4H3. The first-order chi connectivity index (χ1) is 36.0. The van der Waals surface area contributed by atoms with Gasteiger partial charge in [-0.05, 0) is 187 Å². The van der Waals surface area contributed by atoms with Crippen LogP contribution < -0.4 is 0 Å². The zero-order valence-electron chi connectivity index (χ0n) is 46.5. The molecule has 380 valence electrons. The third-order valence-corrected chi connectivity index (χ3v) is 16.8. The lowest BCUT2D eigenvalue weighted by Gasteiger charge is -2.22. The molecule has 0 heteroatoms. The molecule has 0 N–H and O–H groups in total. The maximum absolute atomic E-state index is 2.44. The van der Waals surface area contributed by atoms with Crippen LogP contribution >= 0.6 is 0 Å². The van der Waals surface area contributed by atoms with Crippen LogP contribution in [0.4, 0.5) is 0 Å². The van der Waals surface area contributed by atoms with Crippen molar-refractivity contribution in [2.45, 2.75) is 169 Å². The summed E-state index contributed by atoms with van der Waals surface area (Å²) in [4.78, 5) is 0. The van der Waals surface area contributed by atoms with Crippen molar-refractivity contribution in [2.75, 3.05) is 0 Å². The fraction of sp³-hybridized carbons (Fsp3) is 0.351. The Kier molecular flexibility index (Phi) is 17.0. The predicted octanol–water partition coefficient (Wildman–Crippen LogP) is 21.6. The van der Waals surface area contributed by atoms with E-state index in [0.29, 0.717) is 0 Å². The maximum atomic E-state index is 2.44. The highest BCUT2D eigenvalue weighted by atomic mass is 14.4. The van der Waals surface area contributed by atoms with Crippen LogP contribution in [-0.2, 0) is 36.5 Å². The predicted molar refractivity (Wildman–Crippen MR) is 323 cm³/mol. The summed E-state index contributed by atoms with van der Waals surface area (Å²) in [5.74, 6) is 0. The van der Waals surface area contributed by atoms with Crippen LogP contribution in [-0.4, -0.2) is 0 Å². The molecule has 0 bridgehead atoms. The lowest BCUT2D eigenvalue weighted by Crippen LogP contribution is -2.15. The van der Waals surface area contributed by atoms with Crippen LogP contribution in [0, 0.1) is 0 Å². The van der Waals surface area contributed by atoms with Crippen molar-refractivity contribution >= 4 is 0 Å². The Labute approximate surface area is 447 Å². The molecule has 2 aliphatic rings. The van der Waals surface area contributed by atoms with E-state index in [9.17, 15) is 0 Å². The van der Waals surface area contributed by atoms with Gasteiger partial charge < -0.3 is 0 Å². The van der Waals surface area contributed by atoms with Crippen molar-refractivity contribution in [1.29, 1.82) is 0 Å². The SMILES string of the molecule is CCCCCc1ccc(-c2ccc3c(c2)C(C)(C)c2cc(-c4ccc(CCCCC)cc4)ccc2-3)cc1.CCCCCc1ccc(-c2ccc3c(c2)C(C)(C)c2cc(-c4ccc(CCCCC)cc4)ccc2-3)cc1. The Balaban J connectivity index is 0.000000182. The third-order valence-electron chi connectivity index (χ3n) is 16.8. The number of rotatable bonds is 20. The summed E-state index contributed by atoms with van der Waals surface area (Å²) in [6, 6.07) is 65.4. The second kappa shape index (κ2) is 24.0. The van der Waals surface area contributed by atoms with Crippen molar-refractivity contribution in [3.8, 4) is 66.8 Å². The highest BCUT2D eigenvalue weighted by molar-refractivity contribution is 5.87. The topological polar surface area (TPSA) is 0 Å². The van der Waals surface area contributed by atoms with Crippen LogP contribution in [0.15, 0.2) is 170 Å². The van der Waals surface area contributed by atoms with E-state index in [-0.39, 0.29) is 10.8 Å². The molecule has 0 atom stereocenters. The van der Waals surface area contributed by atoms with Gasteiger partial charge in [-0.2, -0.15) is 0 Å². The minimum absolute atomic E-state index is 0.0170. The van der Waals surface area contributed by atoms with Gasteiger partial charge >= 0.3 is 0 Å². The summed E-state index contributed by atoms with van der Waals surface area (Å²) in [7, 11) is 0. The Morgan fingerprint density at radius 3 is 0.608 bits per heavy atom. The molecule has 0 unspecified atom stereocenters. The van der Waals surface area contributed by atoms with Crippen LogP contribution in [0.3, 0.4) is 0 Å². The summed E-state index contributed by atoms with van der Waals surface area (Å²) < 4.78 is 0. The summed E-state index contributed by atoms with van der Waals surface area (Å²) >= 11 is 0. The first kappa shape index (κ1) is 52.6. The smallest absolute Gasteiger partial charge is 0.0159 e. The first-order valence-electron chi connectivity index (χ1n) is 29.0. The van der Waals surface area contributed by atoms with Gasteiger partial charge in [0, 0.05) is 10.8 Å². The van der Waals surface area contributed by atoms with E-state index in [4.69, 9.17) is 0 Å². The average molecular weight is 973 g/mol. The molecule has 0 fully saturated rings. The minimum Gasteiger partial charge on any atom is -0.0654 e. The van der Waals surface area contributed by atoms with Crippen molar-refractivity contribution in [2.24, 2.45) is 0 Å². The molecule has 8 aromatic rings. The normalized spacial score (nSPS) is 13.4. The molecule has 0 aliphatic heterocycles. The highest BCUT2D eigenvalue weighted by Gasteiger charge is 2.37. The van der Waals surface area contributed by atoms with Crippen LogP contribution in [0.25, 0.3) is 66.8 Å².